The molecule has 1 saturated heterocycles. The third-order valence-electron chi connectivity index (χ3n) is 6.48. The van der Waals surface area contributed by atoms with E-state index in [-0.39, 0.29) is 5.91 Å². The average Bonchev–Trinajstić information content (AvgIpc) is 3.54. The summed E-state index contributed by atoms with van der Waals surface area (Å²) in [7, 11) is 2.19. The molecule has 1 aliphatic carbocycles. The maximum absolute atomic E-state index is 12.7. The number of benzene rings is 1. The van der Waals surface area contributed by atoms with Crippen molar-refractivity contribution < 1.29 is 4.79 Å². The van der Waals surface area contributed by atoms with Crippen LogP contribution in [0.15, 0.2) is 30.5 Å². The number of piperazine rings is 1. The van der Waals surface area contributed by atoms with Crippen molar-refractivity contribution in [2.24, 2.45) is 0 Å². The third-order valence-corrected chi connectivity index (χ3v) is 7.86. The molecule has 2 N–H and O–H groups in total. The smallest absolute Gasteiger partial charge is 0.252 e. The summed E-state index contributed by atoms with van der Waals surface area (Å²) >= 11 is 8.08. The molecule has 0 unspecified atom stereocenters. The van der Waals surface area contributed by atoms with Crippen LogP contribution in [0.1, 0.15) is 36.0 Å². The van der Waals surface area contributed by atoms with Crippen LogP contribution < -0.4 is 10.6 Å². The number of aromatic nitrogens is 2. The van der Waals surface area contributed by atoms with Gasteiger partial charge >= 0.3 is 0 Å². The van der Waals surface area contributed by atoms with E-state index in [1.54, 1.807) is 17.5 Å². The highest BCUT2D eigenvalue weighted by Crippen LogP contribution is 2.37. The Bertz CT molecular complexity index is 1160. The molecule has 0 atom stereocenters. The van der Waals surface area contributed by atoms with Crippen LogP contribution in [-0.2, 0) is 0 Å². The predicted octanol–water partition coefficient (Wildman–Crippen LogP) is 4.34. The highest BCUT2D eigenvalue weighted by Gasteiger charge is 2.25. The fourth-order valence-electron chi connectivity index (χ4n) is 4.22. The lowest BCUT2D eigenvalue weighted by Gasteiger charge is -2.32. The Morgan fingerprint density at radius 3 is 2.82 bits per heavy atom. The standard InChI is InChI=1S/C25H31ClN6OS/c1-31-11-13-32(14-12-31)10-3-2-9-27-25-28-16-20(26)23(30-25)22-15-19-18(5-4-6-21(19)34-22)24(33)29-17-7-8-17/h4-6,15-17H,2-3,7-14H2,1H3,(H,29,33)(H,27,28,30). The van der Waals surface area contributed by atoms with Crippen LogP contribution in [0.5, 0.6) is 0 Å². The lowest BCUT2D eigenvalue weighted by Crippen LogP contribution is -2.44. The number of unbranched alkanes of at least 4 members (excludes halogenated alkanes) is 1. The van der Waals surface area contributed by atoms with Crippen LogP contribution in [0, 0.1) is 0 Å². The molecular formula is C25H31ClN6OS. The van der Waals surface area contributed by atoms with Gasteiger partial charge in [-0.1, -0.05) is 17.7 Å². The molecular weight excluding hydrogens is 468 g/mol. The number of anilines is 1. The molecule has 3 heterocycles. The van der Waals surface area contributed by atoms with Crippen LogP contribution in [0.3, 0.4) is 0 Å². The Morgan fingerprint density at radius 2 is 2.03 bits per heavy atom. The summed E-state index contributed by atoms with van der Waals surface area (Å²) < 4.78 is 1.05. The summed E-state index contributed by atoms with van der Waals surface area (Å²) in [6.45, 7) is 6.60. The van der Waals surface area contributed by atoms with Crippen molar-refractivity contribution in [3.05, 3.63) is 41.0 Å². The zero-order chi connectivity index (χ0) is 23.5. The van der Waals surface area contributed by atoms with Crippen molar-refractivity contribution in [2.45, 2.75) is 31.7 Å². The van der Waals surface area contributed by atoms with Gasteiger partial charge in [0.1, 0.15) is 5.69 Å². The molecule has 34 heavy (non-hydrogen) atoms. The van der Waals surface area contributed by atoms with E-state index in [2.05, 4.69) is 32.5 Å². The van der Waals surface area contributed by atoms with E-state index in [1.165, 1.54) is 0 Å². The van der Waals surface area contributed by atoms with Gasteiger partial charge in [-0.25, -0.2) is 9.97 Å². The summed E-state index contributed by atoms with van der Waals surface area (Å²) in [6, 6.07) is 8.20. The largest absolute Gasteiger partial charge is 0.354 e. The first kappa shape index (κ1) is 23.5. The van der Waals surface area contributed by atoms with Gasteiger partial charge in [0, 0.05) is 54.4 Å². The molecule has 2 aromatic heterocycles. The summed E-state index contributed by atoms with van der Waals surface area (Å²) in [6.07, 6.45) is 6.01. The van der Waals surface area contributed by atoms with Gasteiger partial charge in [0.25, 0.3) is 5.91 Å². The summed E-state index contributed by atoms with van der Waals surface area (Å²) in [5, 5.41) is 7.89. The van der Waals surface area contributed by atoms with E-state index < -0.39 is 0 Å². The molecule has 180 valence electrons. The van der Waals surface area contributed by atoms with Crippen molar-refractivity contribution >= 4 is 44.9 Å². The highest BCUT2D eigenvalue weighted by atomic mass is 35.5. The van der Waals surface area contributed by atoms with Gasteiger partial charge in [-0.05, 0) is 57.5 Å². The molecule has 1 saturated carbocycles. The van der Waals surface area contributed by atoms with Gasteiger partial charge in [0.05, 0.1) is 16.1 Å². The topological polar surface area (TPSA) is 73.4 Å². The number of rotatable bonds is 9. The molecule has 1 aliphatic heterocycles. The zero-order valence-corrected chi connectivity index (χ0v) is 21.1. The van der Waals surface area contributed by atoms with E-state index in [0.717, 1.165) is 79.9 Å². The Labute approximate surface area is 209 Å². The van der Waals surface area contributed by atoms with E-state index in [9.17, 15) is 4.79 Å². The van der Waals surface area contributed by atoms with Crippen molar-refractivity contribution in [3.8, 4) is 10.6 Å². The van der Waals surface area contributed by atoms with Crippen LogP contribution in [-0.4, -0.2) is 78.0 Å². The van der Waals surface area contributed by atoms with Gasteiger partial charge in [-0.2, -0.15) is 0 Å². The van der Waals surface area contributed by atoms with E-state index in [4.69, 9.17) is 16.6 Å². The minimum absolute atomic E-state index is 0.00911. The number of thiophene rings is 1. The summed E-state index contributed by atoms with van der Waals surface area (Å²) in [4.78, 5) is 27.6. The minimum Gasteiger partial charge on any atom is -0.354 e. The Balaban J connectivity index is 1.22. The fourth-order valence-corrected chi connectivity index (χ4v) is 5.56. The normalized spacial score (nSPS) is 17.2. The lowest BCUT2D eigenvalue weighted by atomic mass is 10.1. The Morgan fingerprint density at radius 1 is 1.21 bits per heavy atom. The average molecular weight is 499 g/mol. The molecule has 0 spiro atoms. The van der Waals surface area contributed by atoms with E-state index >= 15 is 0 Å². The van der Waals surface area contributed by atoms with Crippen LogP contribution in [0.25, 0.3) is 20.7 Å². The highest BCUT2D eigenvalue weighted by molar-refractivity contribution is 7.22. The SMILES string of the molecule is CN1CCN(CCCCNc2ncc(Cl)c(-c3cc4c(C(=O)NC5CC5)cccc4s3)n2)CC1. The number of nitrogens with one attached hydrogen (secondary N) is 2. The summed E-state index contributed by atoms with van der Waals surface area (Å²) in [5.41, 5.74) is 1.40. The van der Waals surface area contributed by atoms with Gasteiger partial charge in [-0.15, -0.1) is 11.3 Å². The van der Waals surface area contributed by atoms with Gasteiger partial charge in [-0.3, -0.25) is 4.79 Å². The number of nitrogens with zero attached hydrogens (tertiary/aromatic N) is 4. The number of fused-ring (bicyclic) bond motifs is 1. The van der Waals surface area contributed by atoms with Crippen LogP contribution >= 0.6 is 22.9 Å². The van der Waals surface area contributed by atoms with Gasteiger partial charge < -0.3 is 20.4 Å². The lowest BCUT2D eigenvalue weighted by molar-refractivity contribution is 0.0953. The quantitative estimate of drug-likeness (QED) is 0.427. The van der Waals surface area contributed by atoms with Crippen molar-refractivity contribution in [2.75, 3.05) is 51.6 Å². The van der Waals surface area contributed by atoms with Crippen molar-refractivity contribution in [3.63, 3.8) is 0 Å². The van der Waals surface area contributed by atoms with E-state index in [1.807, 2.05) is 24.3 Å². The number of hydrogen-bond donors (Lipinski definition) is 2. The molecule has 2 fully saturated rings. The van der Waals surface area contributed by atoms with E-state index in [0.29, 0.717) is 28.3 Å². The number of hydrogen-bond acceptors (Lipinski definition) is 7. The van der Waals surface area contributed by atoms with Crippen molar-refractivity contribution in [1.82, 2.24) is 25.1 Å². The van der Waals surface area contributed by atoms with Crippen LogP contribution in [0.2, 0.25) is 5.02 Å². The van der Waals surface area contributed by atoms with Crippen LogP contribution in [0.4, 0.5) is 5.95 Å². The molecule has 2 aliphatic rings. The number of carbonyl (C=O) groups excluding carboxylic acids is 1. The molecule has 1 amide bonds. The molecule has 5 rings (SSSR count). The Hall–Kier alpha value is -2.26. The van der Waals surface area contributed by atoms with Gasteiger partial charge in [0.2, 0.25) is 5.95 Å². The first-order chi connectivity index (χ1) is 16.6. The number of halogens is 1. The molecule has 0 bridgehead atoms. The minimum atomic E-state index is -0.00911. The maximum Gasteiger partial charge on any atom is 0.252 e. The van der Waals surface area contributed by atoms with Gasteiger partial charge in [0.15, 0.2) is 0 Å². The third kappa shape index (κ3) is 5.68. The number of amides is 1. The first-order valence-electron chi connectivity index (χ1n) is 12.1. The molecule has 0 radical (unpaired) electrons. The second-order valence-corrected chi connectivity index (χ2v) is 10.7. The maximum atomic E-state index is 12.7. The summed E-state index contributed by atoms with van der Waals surface area (Å²) in [5.74, 6) is 0.577. The Kier molecular flexibility index (Phi) is 7.29. The molecule has 1 aromatic carbocycles. The number of carbonyl (C=O) groups is 1. The fraction of sp³-hybridized carbons (Fsp3) is 0.480. The molecule has 9 heteroatoms. The predicted molar refractivity (Wildman–Crippen MR) is 140 cm³/mol. The molecule has 7 nitrogen and oxygen atoms in total. The zero-order valence-electron chi connectivity index (χ0n) is 19.5. The second-order valence-electron chi connectivity index (χ2n) is 9.24. The van der Waals surface area contributed by atoms with Crippen molar-refractivity contribution in [1.29, 1.82) is 0 Å². The second kappa shape index (κ2) is 10.6. The first-order valence-corrected chi connectivity index (χ1v) is 13.3. The molecule has 3 aromatic rings. The number of likely N-dealkylation sites (N-methyl/N-ethyl adjacent to an activating group) is 1. The monoisotopic (exact) mass is 498 g/mol.